The number of nitrogens with two attached hydrogens (primary N) is 1. The van der Waals surface area contributed by atoms with Crippen molar-refractivity contribution in [2.24, 2.45) is 11.7 Å². The number of nitrogens with one attached hydrogen (secondary N) is 1. The number of amides is 3. The third-order valence-electron chi connectivity index (χ3n) is 5.12. The zero-order valence-electron chi connectivity index (χ0n) is 17.1. The average molecular weight is 431 g/mol. The van der Waals surface area contributed by atoms with Gasteiger partial charge >= 0.3 is 0 Å². The summed E-state index contributed by atoms with van der Waals surface area (Å²) in [5.41, 5.74) is 6.60. The Labute approximate surface area is 179 Å². The van der Waals surface area contributed by atoms with Gasteiger partial charge in [0.05, 0.1) is 31.2 Å². The lowest BCUT2D eigenvalue weighted by molar-refractivity contribution is -0.129. The van der Waals surface area contributed by atoms with Gasteiger partial charge in [0.25, 0.3) is 0 Å². The van der Waals surface area contributed by atoms with E-state index in [9.17, 15) is 14.4 Å². The largest absolute Gasteiger partial charge is 0.497 e. The van der Waals surface area contributed by atoms with Crippen LogP contribution < -0.4 is 15.8 Å². The molecule has 2 heterocycles. The summed E-state index contributed by atoms with van der Waals surface area (Å²) >= 11 is 1.23. The molecule has 0 unspecified atom stereocenters. The molecular formula is C21H26N4O4S. The number of carbonyl (C=O) groups is 3. The molecular weight excluding hydrogens is 404 g/mol. The van der Waals surface area contributed by atoms with E-state index in [1.807, 2.05) is 24.3 Å². The van der Waals surface area contributed by atoms with E-state index in [0.29, 0.717) is 23.1 Å². The molecule has 1 fully saturated rings. The van der Waals surface area contributed by atoms with Crippen LogP contribution in [0.2, 0.25) is 0 Å². The molecule has 0 radical (unpaired) electrons. The summed E-state index contributed by atoms with van der Waals surface area (Å²) in [6.45, 7) is 2.68. The Morgan fingerprint density at radius 3 is 2.70 bits per heavy atom. The molecule has 2 atom stereocenters. The molecule has 1 aromatic heterocycles. The Balaban J connectivity index is 1.82. The second kappa shape index (κ2) is 9.71. The van der Waals surface area contributed by atoms with E-state index in [2.05, 4.69) is 17.2 Å². The number of methoxy groups -OCH3 is 1. The van der Waals surface area contributed by atoms with Crippen LogP contribution in [-0.2, 0) is 20.8 Å². The minimum absolute atomic E-state index is 0.0214. The van der Waals surface area contributed by atoms with Gasteiger partial charge in [0, 0.05) is 18.3 Å². The Hall–Kier alpha value is -2.94. The van der Waals surface area contributed by atoms with Gasteiger partial charge in [-0.05, 0) is 24.1 Å². The fourth-order valence-corrected chi connectivity index (χ4v) is 4.37. The number of hydrogen-bond donors (Lipinski definition) is 2. The molecule has 3 amide bonds. The molecule has 1 saturated heterocycles. The maximum Gasteiger partial charge on any atom is 0.232 e. The summed E-state index contributed by atoms with van der Waals surface area (Å²) in [6.07, 6.45) is 1.99. The smallest absolute Gasteiger partial charge is 0.232 e. The number of aromatic nitrogens is 1. The standard InChI is InChI=1S/C21H26N4O4S/c1-3-4-9-25-18(27)11-16(19(25)13-5-7-15(29-2)8-6-13)20(28)24-21-23-14(12-30-21)10-17(22)26/h5-8,12,16,19H,3-4,9-11H2,1-2H3,(H2,22,26)(H,23,24,28)/t16-,19+/m0/s1. The summed E-state index contributed by atoms with van der Waals surface area (Å²) in [4.78, 5) is 42.9. The van der Waals surface area contributed by atoms with Crippen molar-refractivity contribution in [1.82, 2.24) is 9.88 Å². The van der Waals surface area contributed by atoms with E-state index in [1.165, 1.54) is 11.3 Å². The van der Waals surface area contributed by atoms with Crippen LogP contribution in [0.15, 0.2) is 29.6 Å². The number of carbonyl (C=O) groups excluding carboxylic acids is 3. The molecule has 2 aromatic rings. The quantitative estimate of drug-likeness (QED) is 0.634. The Bertz CT molecular complexity index is 912. The third kappa shape index (κ3) is 4.96. The minimum Gasteiger partial charge on any atom is -0.497 e. The number of ether oxygens (including phenoxy) is 1. The predicted octanol–water partition coefficient (Wildman–Crippen LogP) is 2.51. The first-order valence-corrected chi connectivity index (χ1v) is 10.8. The fraction of sp³-hybridized carbons (Fsp3) is 0.429. The fourth-order valence-electron chi connectivity index (χ4n) is 3.65. The highest BCUT2D eigenvalue weighted by molar-refractivity contribution is 7.13. The van der Waals surface area contributed by atoms with E-state index in [0.717, 1.165) is 18.4 Å². The number of thiazole rings is 1. The van der Waals surface area contributed by atoms with Crippen molar-refractivity contribution in [1.29, 1.82) is 0 Å². The second-order valence-electron chi connectivity index (χ2n) is 7.25. The number of unbranched alkanes of at least 4 members (excludes halogenated alkanes) is 1. The first kappa shape index (κ1) is 21.8. The van der Waals surface area contributed by atoms with E-state index >= 15 is 0 Å². The second-order valence-corrected chi connectivity index (χ2v) is 8.10. The highest BCUT2D eigenvalue weighted by Gasteiger charge is 2.44. The molecule has 3 rings (SSSR count). The molecule has 0 aliphatic carbocycles. The lowest BCUT2D eigenvalue weighted by atomic mass is 9.92. The highest BCUT2D eigenvalue weighted by Crippen LogP contribution is 2.39. The van der Waals surface area contributed by atoms with Gasteiger partial charge in [-0.1, -0.05) is 25.5 Å². The Morgan fingerprint density at radius 2 is 2.07 bits per heavy atom. The van der Waals surface area contributed by atoms with Crippen molar-refractivity contribution < 1.29 is 19.1 Å². The van der Waals surface area contributed by atoms with Crippen molar-refractivity contribution in [3.8, 4) is 5.75 Å². The lowest BCUT2D eigenvalue weighted by Crippen LogP contribution is -2.33. The van der Waals surface area contributed by atoms with Crippen LogP contribution >= 0.6 is 11.3 Å². The zero-order valence-corrected chi connectivity index (χ0v) is 17.9. The van der Waals surface area contributed by atoms with Crippen molar-refractivity contribution in [2.45, 2.75) is 38.6 Å². The van der Waals surface area contributed by atoms with E-state index < -0.39 is 11.8 Å². The van der Waals surface area contributed by atoms with Gasteiger partial charge in [-0.3, -0.25) is 14.4 Å². The lowest BCUT2D eigenvalue weighted by Gasteiger charge is -2.28. The number of anilines is 1. The SMILES string of the molecule is CCCCN1C(=O)C[C@H](C(=O)Nc2nc(CC(N)=O)cs2)[C@H]1c1ccc(OC)cc1. The topological polar surface area (TPSA) is 115 Å². The van der Waals surface area contributed by atoms with Crippen LogP contribution in [0.5, 0.6) is 5.75 Å². The molecule has 0 saturated carbocycles. The summed E-state index contributed by atoms with van der Waals surface area (Å²) in [5, 5.41) is 4.89. The first-order valence-electron chi connectivity index (χ1n) is 9.90. The normalized spacial score (nSPS) is 18.5. The van der Waals surface area contributed by atoms with Crippen molar-refractivity contribution in [3.05, 3.63) is 40.9 Å². The Morgan fingerprint density at radius 1 is 1.33 bits per heavy atom. The minimum atomic E-state index is -0.536. The van der Waals surface area contributed by atoms with Gasteiger partial charge in [0.2, 0.25) is 17.7 Å². The van der Waals surface area contributed by atoms with Gasteiger partial charge in [0.1, 0.15) is 5.75 Å². The monoisotopic (exact) mass is 430 g/mol. The molecule has 30 heavy (non-hydrogen) atoms. The summed E-state index contributed by atoms with van der Waals surface area (Å²) < 4.78 is 5.23. The maximum atomic E-state index is 13.1. The molecule has 1 aromatic carbocycles. The number of likely N-dealkylation sites (tertiary alicyclic amines) is 1. The zero-order chi connectivity index (χ0) is 21.7. The van der Waals surface area contributed by atoms with Crippen LogP contribution in [0.1, 0.15) is 43.5 Å². The third-order valence-corrected chi connectivity index (χ3v) is 5.92. The molecule has 160 valence electrons. The van der Waals surface area contributed by atoms with Crippen molar-refractivity contribution in [3.63, 3.8) is 0 Å². The van der Waals surface area contributed by atoms with Crippen LogP contribution in [0.3, 0.4) is 0 Å². The summed E-state index contributed by atoms with van der Waals surface area (Å²) in [7, 11) is 1.60. The number of rotatable bonds is 9. The van der Waals surface area contributed by atoms with Gasteiger partial charge < -0.3 is 20.7 Å². The van der Waals surface area contributed by atoms with E-state index in [-0.39, 0.29) is 30.7 Å². The molecule has 3 N–H and O–H groups in total. The summed E-state index contributed by atoms with van der Waals surface area (Å²) in [5.74, 6) is -0.591. The number of primary amides is 1. The van der Waals surface area contributed by atoms with Gasteiger partial charge in [-0.2, -0.15) is 0 Å². The van der Waals surface area contributed by atoms with Crippen molar-refractivity contribution >= 4 is 34.2 Å². The molecule has 9 heteroatoms. The number of hydrogen-bond acceptors (Lipinski definition) is 6. The first-order chi connectivity index (χ1) is 14.4. The van der Waals surface area contributed by atoms with Gasteiger partial charge in [-0.15, -0.1) is 11.3 Å². The van der Waals surface area contributed by atoms with Crippen LogP contribution in [0.4, 0.5) is 5.13 Å². The average Bonchev–Trinajstić information content (AvgIpc) is 3.29. The van der Waals surface area contributed by atoms with Crippen LogP contribution in [0.25, 0.3) is 0 Å². The molecule has 0 bridgehead atoms. The van der Waals surface area contributed by atoms with E-state index in [4.69, 9.17) is 10.5 Å². The number of nitrogens with zero attached hydrogens (tertiary/aromatic N) is 2. The number of benzene rings is 1. The van der Waals surface area contributed by atoms with Crippen LogP contribution in [0, 0.1) is 5.92 Å². The molecule has 1 aliphatic heterocycles. The Kier molecular flexibility index (Phi) is 7.04. The molecule has 0 spiro atoms. The van der Waals surface area contributed by atoms with Crippen molar-refractivity contribution in [2.75, 3.05) is 19.0 Å². The molecule has 1 aliphatic rings. The van der Waals surface area contributed by atoms with Gasteiger partial charge in [0.15, 0.2) is 5.13 Å². The highest BCUT2D eigenvalue weighted by atomic mass is 32.1. The van der Waals surface area contributed by atoms with Gasteiger partial charge in [-0.25, -0.2) is 4.98 Å². The molecule has 8 nitrogen and oxygen atoms in total. The maximum absolute atomic E-state index is 13.1. The van der Waals surface area contributed by atoms with Crippen LogP contribution in [-0.4, -0.2) is 41.3 Å². The summed E-state index contributed by atoms with van der Waals surface area (Å²) in [6, 6.07) is 7.12. The van der Waals surface area contributed by atoms with E-state index in [1.54, 1.807) is 17.4 Å². The predicted molar refractivity (Wildman–Crippen MR) is 114 cm³/mol.